The van der Waals surface area contributed by atoms with E-state index in [1.165, 1.54) is 19.1 Å². The maximum atomic E-state index is 11.5. The minimum atomic E-state index is -1.82. The molecule has 0 radical (unpaired) electrons. The van der Waals surface area contributed by atoms with E-state index in [9.17, 15) is 19.7 Å². The van der Waals surface area contributed by atoms with Crippen LogP contribution in [0.5, 0.6) is 0 Å². The van der Waals surface area contributed by atoms with Gasteiger partial charge in [0.2, 0.25) is 5.54 Å². The molecule has 0 amide bonds. The number of carbonyl (C=O) groups excluding carboxylic acids is 1. The van der Waals surface area contributed by atoms with Crippen LogP contribution in [0.1, 0.15) is 18.9 Å². The van der Waals surface area contributed by atoms with Crippen molar-refractivity contribution in [3.63, 3.8) is 0 Å². The molecule has 0 bridgehead atoms. The number of halogens is 1. The molecule has 8 heteroatoms. The van der Waals surface area contributed by atoms with Gasteiger partial charge in [0.1, 0.15) is 0 Å². The number of hydrogen-bond acceptors (Lipinski definition) is 5. The molecule has 7 nitrogen and oxygen atoms in total. The van der Waals surface area contributed by atoms with Gasteiger partial charge in [-0.05, 0) is 6.07 Å². The maximum Gasteiger partial charge on any atom is 0.320 e. The van der Waals surface area contributed by atoms with Crippen molar-refractivity contribution < 1.29 is 24.4 Å². The number of methoxy groups -OCH3 is 1. The van der Waals surface area contributed by atoms with Crippen LogP contribution in [0.2, 0.25) is 5.02 Å². The van der Waals surface area contributed by atoms with E-state index in [1.54, 1.807) is 12.1 Å². The molecular formula is C13H14ClNO6. The van der Waals surface area contributed by atoms with Gasteiger partial charge in [0.25, 0.3) is 0 Å². The molecule has 0 fully saturated rings. The number of benzene rings is 1. The van der Waals surface area contributed by atoms with Crippen LogP contribution in [0.25, 0.3) is 0 Å². The third-order valence-electron chi connectivity index (χ3n) is 3.24. The average Bonchev–Trinajstić information content (AvgIpc) is 2.43. The minimum Gasteiger partial charge on any atom is -0.481 e. The van der Waals surface area contributed by atoms with E-state index >= 15 is 0 Å². The molecule has 0 spiro atoms. The molecule has 1 aromatic carbocycles. The van der Waals surface area contributed by atoms with Gasteiger partial charge in [-0.25, -0.2) is 0 Å². The number of nitro groups is 1. The Balaban J connectivity index is 3.29. The SMILES string of the molecule is COC(=O)C(CC(C)(c1ccccc1Cl)[N+](=O)[O-])C(=O)O. The highest BCUT2D eigenvalue weighted by Gasteiger charge is 2.47. The van der Waals surface area contributed by atoms with Crippen LogP contribution < -0.4 is 0 Å². The fraction of sp³-hybridized carbons (Fsp3) is 0.385. The molecule has 0 saturated heterocycles. The van der Waals surface area contributed by atoms with E-state index in [0.717, 1.165) is 7.11 Å². The van der Waals surface area contributed by atoms with Gasteiger partial charge in [0.05, 0.1) is 12.1 Å². The minimum absolute atomic E-state index is 0.130. The first-order valence-electron chi connectivity index (χ1n) is 5.94. The van der Waals surface area contributed by atoms with E-state index in [-0.39, 0.29) is 10.6 Å². The summed E-state index contributed by atoms with van der Waals surface area (Å²) < 4.78 is 4.39. The summed E-state index contributed by atoms with van der Waals surface area (Å²) in [5, 5.41) is 20.7. The highest BCUT2D eigenvalue weighted by Crippen LogP contribution is 2.36. The first-order valence-corrected chi connectivity index (χ1v) is 6.32. The second-order valence-corrected chi connectivity index (χ2v) is 5.04. The average molecular weight is 316 g/mol. The van der Waals surface area contributed by atoms with Gasteiger partial charge < -0.3 is 9.84 Å². The Morgan fingerprint density at radius 3 is 2.48 bits per heavy atom. The van der Waals surface area contributed by atoms with E-state index in [4.69, 9.17) is 16.7 Å². The predicted octanol–water partition coefficient (Wildman–Crippen LogP) is 2.10. The Morgan fingerprint density at radius 1 is 1.48 bits per heavy atom. The number of nitrogens with zero attached hydrogens (tertiary/aromatic N) is 1. The number of carbonyl (C=O) groups is 2. The molecule has 1 rings (SSSR count). The van der Waals surface area contributed by atoms with Gasteiger partial charge in [-0.3, -0.25) is 19.7 Å². The smallest absolute Gasteiger partial charge is 0.320 e. The van der Waals surface area contributed by atoms with Crippen LogP contribution in [0.15, 0.2) is 24.3 Å². The molecule has 114 valence electrons. The van der Waals surface area contributed by atoms with Crippen molar-refractivity contribution in [2.24, 2.45) is 5.92 Å². The normalized spacial score (nSPS) is 14.8. The van der Waals surface area contributed by atoms with Gasteiger partial charge in [0.15, 0.2) is 5.92 Å². The lowest BCUT2D eigenvalue weighted by Gasteiger charge is -2.24. The van der Waals surface area contributed by atoms with E-state index in [0.29, 0.717) is 0 Å². The zero-order valence-corrected chi connectivity index (χ0v) is 12.2. The van der Waals surface area contributed by atoms with Gasteiger partial charge in [0, 0.05) is 23.8 Å². The lowest BCUT2D eigenvalue weighted by atomic mass is 9.83. The molecule has 0 saturated carbocycles. The summed E-state index contributed by atoms with van der Waals surface area (Å²) in [5.74, 6) is -4.17. The van der Waals surface area contributed by atoms with E-state index < -0.39 is 34.7 Å². The van der Waals surface area contributed by atoms with Crippen molar-refractivity contribution in [2.75, 3.05) is 7.11 Å². The third-order valence-corrected chi connectivity index (χ3v) is 3.57. The number of carboxylic acids is 1. The quantitative estimate of drug-likeness (QED) is 0.373. The van der Waals surface area contributed by atoms with Crippen LogP contribution in [-0.2, 0) is 19.9 Å². The maximum absolute atomic E-state index is 11.5. The largest absolute Gasteiger partial charge is 0.481 e. The molecule has 2 unspecified atom stereocenters. The zero-order chi connectivity index (χ0) is 16.2. The van der Waals surface area contributed by atoms with Gasteiger partial charge in [-0.2, -0.15) is 0 Å². The highest BCUT2D eigenvalue weighted by molar-refractivity contribution is 6.31. The first kappa shape index (κ1) is 16.9. The summed E-state index contributed by atoms with van der Waals surface area (Å²) in [6.07, 6.45) is -0.564. The summed E-state index contributed by atoms with van der Waals surface area (Å²) in [6, 6.07) is 6.05. The van der Waals surface area contributed by atoms with Crippen molar-refractivity contribution >= 4 is 23.5 Å². The number of rotatable bonds is 6. The highest BCUT2D eigenvalue weighted by atomic mass is 35.5. The van der Waals surface area contributed by atoms with Crippen LogP contribution in [-0.4, -0.2) is 29.1 Å². The standard InChI is InChI=1S/C13H14ClNO6/c1-13(15(19)20,9-5-3-4-6-10(9)14)7-8(11(16)17)12(18)21-2/h3-6,8H,7H2,1-2H3,(H,16,17). The first-order chi connectivity index (χ1) is 9.74. The van der Waals surface area contributed by atoms with Crippen LogP contribution in [0.4, 0.5) is 0 Å². The van der Waals surface area contributed by atoms with Crippen LogP contribution >= 0.6 is 11.6 Å². The summed E-state index contributed by atoms with van der Waals surface area (Å²) in [7, 11) is 1.03. The zero-order valence-electron chi connectivity index (χ0n) is 11.4. The van der Waals surface area contributed by atoms with Crippen molar-refractivity contribution in [3.05, 3.63) is 45.0 Å². The molecule has 1 N–H and O–H groups in total. The molecule has 0 aromatic heterocycles. The second-order valence-electron chi connectivity index (χ2n) is 4.63. The summed E-state index contributed by atoms with van der Waals surface area (Å²) in [4.78, 5) is 33.5. The topological polar surface area (TPSA) is 107 Å². The van der Waals surface area contributed by atoms with E-state index in [1.807, 2.05) is 0 Å². The summed E-state index contributed by atoms with van der Waals surface area (Å²) >= 11 is 5.96. The number of aliphatic carboxylic acids is 1. The Kier molecular flexibility index (Phi) is 5.26. The Bertz CT molecular complexity index is 576. The van der Waals surface area contributed by atoms with Crippen molar-refractivity contribution in [2.45, 2.75) is 18.9 Å². The fourth-order valence-electron chi connectivity index (χ4n) is 1.99. The van der Waals surface area contributed by atoms with Gasteiger partial charge >= 0.3 is 11.9 Å². The lowest BCUT2D eigenvalue weighted by Crippen LogP contribution is -2.39. The number of hydrogen-bond donors (Lipinski definition) is 1. The molecule has 0 aliphatic heterocycles. The Labute approximate surface area is 125 Å². The number of ether oxygens (including phenoxy) is 1. The molecule has 21 heavy (non-hydrogen) atoms. The summed E-state index contributed by atoms with van der Waals surface area (Å²) in [6.45, 7) is 1.23. The summed E-state index contributed by atoms with van der Waals surface area (Å²) in [5.41, 5.74) is -1.68. The van der Waals surface area contributed by atoms with Crippen LogP contribution in [0, 0.1) is 16.0 Å². The number of esters is 1. The molecule has 0 aliphatic rings. The third kappa shape index (κ3) is 3.49. The molecular weight excluding hydrogens is 302 g/mol. The molecule has 2 atom stereocenters. The Morgan fingerprint density at radius 2 is 2.05 bits per heavy atom. The molecule has 0 heterocycles. The monoisotopic (exact) mass is 315 g/mol. The lowest BCUT2D eigenvalue weighted by molar-refractivity contribution is -0.576. The van der Waals surface area contributed by atoms with Gasteiger partial charge in [-0.1, -0.05) is 29.8 Å². The van der Waals surface area contributed by atoms with E-state index in [2.05, 4.69) is 4.74 Å². The molecule has 1 aromatic rings. The predicted molar refractivity (Wildman–Crippen MR) is 73.6 cm³/mol. The van der Waals surface area contributed by atoms with Crippen molar-refractivity contribution in [1.82, 2.24) is 0 Å². The molecule has 0 aliphatic carbocycles. The number of carboxylic acid groups (broad SMARTS) is 1. The van der Waals surface area contributed by atoms with Crippen molar-refractivity contribution in [1.29, 1.82) is 0 Å². The van der Waals surface area contributed by atoms with Crippen LogP contribution in [0.3, 0.4) is 0 Å². The Hall–Kier alpha value is -2.15. The van der Waals surface area contributed by atoms with Gasteiger partial charge in [-0.15, -0.1) is 0 Å². The fourth-order valence-corrected chi connectivity index (χ4v) is 2.33. The second kappa shape index (κ2) is 6.53. The van der Waals surface area contributed by atoms with Crippen molar-refractivity contribution in [3.8, 4) is 0 Å².